The maximum absolute atomic E-state index is 11.0. The molecule has 2 fully saturated rings. The topological polar surface area (TPSA) is 29.1 Å². The molecule has 1 spiro atoms. The number of carbonyl (C=O) groups is 1. The molecule has 1 saturated carbocycles. The molecule has 1 heterocycles. The molecule has 2 heteroatoms. The van der Waals surface area contributed by atoms with Gasteiger partial charge in [-0.15, -0.1) is 0 Å². The summed E-state index contributed by atoms with van der Waals surface area (Å²) in [6.07, 6.45) is 3.06. The summed E-state index contributed by atoms with van der Waals surface area (Å²) in [6.45, 7) is 2.00. The fourth-order valence-electron chi connectivity index (χ4n) is 1.78. The summed E-state index contributed by atoms with van der Waals surface area (Å²) in [7, 11) is 0. The molecule has 0 bridgehead atoms. The Bertz CT molecular complexity index is 147. The Kier molecular flexibility index (Phi) is 0.943. The third-order valence-corrected chi connectivity index (χ3v) is 2.67. The van der Waals surface area contributed by atoms with E-state index in [1.165, 1.54) is 0 Å². The molecule has 0 unspecified atom stereocenters. The molecular formula is C7H11NO. The van der Waals surface area contributed by atoms with Crippen LogP contribution in [-0.4, -0.2) is 18.9 Å². The summed E-state index contributed by atoms with van der Waals surface area (Å²) >= 11 is 0. The summed E-state index contributed by atoms with van der Waals surface area (Å²) in [5, 5.41) is 3.22. The number of carbonyl (C=O) groups excluding carboxylic acids is 1. The Morgan fingerprint density at radius 2 is 2.33 bits per heavy atom. The maximum Gasteiger partial charge on any atom is 0.140 e. The van der Waals surface area contributed by atoms with Gasteiger partial charge in [-0.25, -0.2) is 0 Å². The van der Waals surface area contributed by atoms with Crippen LogP contribution < -0.4 is 5.32 Å². The molecule has 1 N–H and O–H groups in total. The fraction of sp³-hybridized carbons (Fsp3) is 0.857. The largest absolute Gasteiger partial charge is 0.316 e. The second-order valence-corrected chi connectivity index (χ2v) is 3.13. The monoisotopic (exact) mass is 125 g/mol. The number of nitrogens with one attached hydrogen (secondary N) is 1. The summed E-state index contributed by atoms with van der Waals surface area (Å²) < 4.78 is 0. The molecule has 1 aliphatic heterocycles. The van der Waals surface area contributed by atoms with Crippen molar-refractivity contribution >= 4 is 5.78 Å². The van der Waals surface area contributed by atoms with E-state index in [9.17, 15) is 4.79 Å². The van der Waals surface area contributed by atoms with Gasteiger partial charge in [0.15, 0.2) is 0 Å². The van der Waals surface area contributed by atoms with Gasteiger partial charge in [-0.05, 0) is 19.4 Å². The van der Waals surface area contributed by atoms with E-state index in [1.807, 2.05) is 0 Å². The Balaban J connectivity index is 2.14. The van der Waals surface area contributed by atoms with Gasteiger partial charge in [0.05, 0.1) is 0 Å². The average molecular weight is 125 g/mol. The molecule has 9 heavy (non-hydrogen) atoms. The van der Waals surface area contributed by atoms with Crippen molar-refractivity contribution in [3.05, 3.63) is 0 Å². The Hall–Kier alpha value is -0.370. The van der Waals surface area contributed by atoms with Gasteiger partial charge in [0.2, 0.25) is 0 Å². The molecule has 2 rings (SSSR count). The van der Waals surface area contributed by atoms with Gasteiger partial charge in [0, 0.05) is 18.4 Å². The van der Waals surface area contributed by atoms with Crippen LogP contribution in [0.1, 0.15) is 19.3 Å². The van der Waals surface area contributed by atoms with Crippen LogP contribution in [0.3, 0.4) is 0 Å². The molecule has 0 amide bonds. The first kappa shape index (κ1) is 5.42. The summed E-state index contributed by atoms with van der Waals surface area (Å²) in [4.78, 5) is 11.0. The molecule has 1 saturated heterocycles. The highest BCUT2D eigenvalue weighted by Gasteiger charge is 2.47. The molecule has 0 radical (unpaired) electrons. The molecule has 0 aromatic rings. The highest BCUT2D eigenvalue weighted by Crippen LogP contribution is 2.41. The van der Waals surface area contributed by atoms with Crippen LogP contribution in [-0.2, 0) is 4.79 Å². The van der Waals surface area contributed by atoms with Gasteiger partial charge in [-0.3, -0.25) is 4.79 Å². The predicted molar refractivity (Wildman–Crippen MR) is 34.2 cm³/mol. The molecule has 0 aromatic heterocycles. The standard InChI is InChI=1S/C7H11NO/c9-6-1-2-7(6)3-4-8-5-7/h8H,1-5H2/t7-/m0/s1. The van der Waals surface area contributed by atoms with Crippen LogP contribution in [0.2, 0.25) is 0 Å². The summed E-state index contributed by atoms with van der Waals surface area (Å²) in [6, 6.07) is 0. The van der Waals surface area contributed by atoms with Crippen LogP contribution in [0.4, 0.5) is 0 Å². The van der Waals surface area contributed by atoms with E-state index in [4.69, 9.17) is 0 Å². The summed E-state index contributed by atoms with van der Waals surface area (Å²) in [5.41, 5.74) is 0.125. The summed E-state index contributed by atoms with van der Waals surface area (Å²) in [5.74, 6) is 0.493. The predicted octanol–water partition coefficient (Wildman–Crippen LogP) is 0.329. The Morgan fingerprint density at radius 3 is 2.56 bits per heavy atom. The Morgan fingerprint density at radius 1 is 1.44 bits per heavy atom. The lowest BCUT2D eigenvalue weighted by Crippen LogP contribution is -2.42. The van der Waals surface area contributed by atoms with E-state index < -0.39 is 0 Å². The van der Waals surface area contributed by atoms with E-state index in [2.05, 4.69) is 5.32 Å². The zero-order chi connectivity index (χ0) is 6.32. The van der Waals surface area contributed by atoms with Crippen molar-refractivity contribution in [1.82, 2.24) is 5.32 Å². The zero-order valence-corrected chi connectivity index (χ0v) is 5.44. The van der Waals surface area contributed by atoms with Crippen LogP contribution in [0.15, 0.2) is 0 Å². The van der Waals surface area contributed by atoms with Gasteiger partial charge in [-0.2, -0.15) is 0 Å². The van der Waals surface area contributed by atoms with Crippen LogP contribution in [0.5, 0.6) is 0 Å². The van der Waals surface area contributed by atoms with Crippen LogP contribution >= 0.6 is 0 Å². The third-order valence-electron chi connectivity index (χ3n) is 2.67. The zero-order valence-electron chi connectivity index (χ0n) is 5.44. The van der Waals surface area contributed by atoms with Gasteiger partial charge < -0.3 is 5.32 Å². The average Bonchev–Trinajstić information content (AvgIpc) is 2.34. The van der Waals surface area contributed by atoms with Gasteiger partial charge >= 0.3 is 0 Å². The number of hydrogen-bond acceptors (Lipinski definition) is 2. The number of hydrogen-bond donors (Lipinski definition) is 1. The lowest BCUT2D eigenvalue weighted by Gasteiger charge is -2.35. The smallest absolute Gasteiger partial charge is 0.140 e. The van der Waals surface area contributed by atoms with E-state index >= 15 is 0 Å². The third kappa shape index (κ3) is 0.568. The maximum atomic E-state index is 11.0. The van der Waals surface area contributed by atoms with Gasteiger partial charge in [0.25, 0.3) is 0 Å². The highest BCUT2D eigenvalue weighted by molar-refractivity contribution is 5.90. The van der Waals surface area contributed by atoms with E-state index in [0.29, 0.717) is 5.78 Å². The van der Waals surface area contributed by atoms with Crippen molar-refractivity contribution in [2.45, 2.75) is 19.3 Å². The van der Waals surface area contributed by atoms with E-state index in [1.54, 1.807) is 0 Å². The number of ketones is 1. The minimum atomic E-state index is 0.125. The quantitative estimate of drug-likeness (QED) is 0.505. The second kappa shape index (κ2) is 1.57. The first-order valence-corrected chi connectivity index (χ1v) is 3.58. The van der Waals surface area contributed by atoms with Crippen molar-refractivity contribution in [1.29, 1.82) is 0 Å². The van der Waals surface area contributed by atoms with Crippen molar-refractivity contribution in [3.8, 4) is 0 Å². The van der Waals surface area contributed by atoms with Crippen molar-refractivity contribution in [2.75, 3.05) is 13.1 Å². The SMILES string of the molecule is O=C1CC[C@@]12CCNC2. The highest BCUT2D eigenvalue weighted by atomic mass is 16.1. The van der Waals surface area contributed by atoms with Crippen molar-refractivity contribution in [3.63, 3.8) is 0 Å². The first-order valence-electron chi connectivity index (χ1n) is 3.58. The lowest BCUT2D eigenvalue weighted by atomic mass is 9.67. The van der Waals surface area contributed by atoms with Crippen LogP contribution in [0.25, 0.3) is 0 Å². The van der Waals surface area contributed by atoms with Gasteiger partial charge in [-0.1, -0.05) is 0 Å². The molecule has 2 nitrogen and oxygen atoms in total. The molecule has 0 aromatic carbocycles. The van der Waals surface area contributed by atoms with E-state index in [0.717, 1.165) is 32.4 Å². The fourth-order valence-corrected chi connectivity index (χ4v) is 1.78. The molecular weight excluding hydrogens is 114 g/mol. The molecule has 1 atom stereocenters. The minimum absolute atomic E-state index is 0.125. The Labute approximate surface area is 54.6 Å². The van der Waals surface area contributed by atoms with Crippen LogP contribution in [0, 0.1) is 5.41 Å². The van der Waals surface area contributed by atoms with Crippen molar-refractivity contribution < 1.29 is 4.79 Å². The molecule has 1 aliphatic carbocycles. The number of rotatable bonds is 0. The van der Waals surface area contributed by atoms with E-state index in [-0.39, 0.29) is 5.41 Å². The normalized spacial score (nSPS) is 41.6. The lowest BCUT2D eigenvalue weighted by molar-refractivity contribution is -0.136. The second-order valence-electron chi connectivity index (χ2n) is 3.13. The number of Topliss-reactive ketones (excluding diaryl/α,β-unsaturated/α-hetero) is 1. The van der Waals surface area contributed by atoms with Gasteiger partial charge in [0.1, 0.15) is 5.78 Å². The molecule has 50 valence electrons. The van der Waals surface area contributed by atoms with Crippen molar-refractivity contribution in [2.24, 2.45) is 5.41 Å². The first-order chi connectivity index (χ1) is 4.33. The molecule has 2 aliphatic rings. The minimum Gasteiger partial charge on any atom is -0.316 e.